The quantitative estimate of drug-likeness (QED) is 0.629. The lowest BCUT2D eigenvalue weighted by Gasteiger charge is -2.35. The first-order valence-electron chi connectivity index (χ1n) is 10.5. The Labute approximate surface area is 189 Å². The van der Waals surface area contributed by atoms with Crippen molar-refractivity contribution in [1.82, 2.24) is 9.97 Å². The van der Waals surface area contributed by atoms with Crippen LogP contribution in [0.5, 0.6) is 11.5 Å². The summed E-state index contributed by atoms with van der Waals surface area (Å²) in [5, 5.41) is 3.05. The van der Waals surface area contributed by atoms with Crippen molar-refractivity contribution in [3.63, 3.8) is 0 Å². The van der Waals surface area contributed by atoms with Crippen LogP contribution in [0.1, 0.15) is 24.0 Å². The summed E-state index contributed by atoms with van der Waals surface area (Å²) in [6.45, 7) is -0.0117. The third kappa shape index (κ3) is 3.18. The molecule has 1 saturated carbocycles. The highest BCUT2D eigenvalue weighted by Gasteiger charge is 2.57. The molecule has 1 aliphatic carbocycles. The van der Waals surface area contributed by atoms with E-state index in [2.05, 4.69) is 15.3 Å². The number of nitrogens with one attached hydrogen (secondary N) is 1. The predicted molar refractivity (Wildman–Crippen MR) is 119 cm³/mol. The van der Waals surface area contributed by atoms with Crippen LogP contribution in [0.3, 0.4) is 0 Å². The van der Waals surface area contributed by atoms with Gasteiger partial charge in [-0.3, -0.25) is 14.8 Å². The van der Waals surface area contributed by atoms with Gasteiger partial charge < -0.3 is 19.7 Å². The molecule has 0 unspecified atom stereocenters. The molecule has 1 aliphatic heterocycles. The molecule has 0 radical (unpaired) electrons. The minimum Gasteiger partial charge on any atom is -0.493 e. The second-order valence-electron chi connectivity index (χ2n) is 8.17. The number of anilines is 2. The van der Waals surface area contributed by atoms with Gasteiger partial charge in [0.15, 0.2) is 23.1 Å². The average molecular weight is 452 g/mol. The number of pyridine rings is 2. The fraction of sp³-hybridized carbons (Fsp3) is 0.292. The molecule has 2 aliphatic rings. The van der Waals surface area contributed by atoms with Gasteiger partial charge in [-0.15, -0.1) is 0 Å². The van der Waals surface area contributed by atoms with E-state index in [0.29, 0.717) is 18.5 Å². The zero-order chi connectivity index (χ0) is 23.3. The second kappa shape index (κ2) is 7.68. The Bertz CT molecular complexity index is 1250. The largest absolute Gasteiger partial charge is 0.493 e. The van der Waals surface area contributed by atoms with Crippen molar-refractivity contribution >= 4 is 17.3 Å². The van der Waals surface area contributed by atoms with Crippen LogP contribution in [-0.4, -0.2) is 37.1 Å². The van der Waals surface area contributed by atoms with Gasteiger partial charge in [-0.25, -0.2) is 8.78 Å². The number of aromatic nitrogens is 2. The monoisotopic (exact) mass is 452 g/mol. The molecule has 9 heteroatoms. The van der Waals surface area contributed by atoms with Gasteiger partial charge in [0, 0.05) is 37.3 Å². The van der Waals surface area contributed by atoms with E-state index in [-0.39, 0.29) is 24.0 Å². The number of nitrogens with zero attached hydrogens (tertiary/aromatic N) is 3. The SMILES string of the molecule is CNc1cncc(-c2cc3c(cn2)CN(c2c(F)c(OC)cc(OC)c2F)C(=O)C32CC2)c1. The maximum Gasteiger partial charge on any atom is 0.238 e. The van der Waals surface area contributed by atoms with Crippen molar-refractivity contribution in [3.05, 3.63) is 59.6 Å². The lowest BCUT2D eigenvalue weighted by atomic mass is 9.86. The van der Waals surface area contributed by atoms with Crippen LogP contribution in [0, 0.1) is 11.6 Å². The zero-order valence-electron chi connectivity index (χ0n) is 18.4. The number of halogens is 2. The van der Waals surface area contributed by atoms with Crippen LogP contribution in [-0.2, 0) is 16.8 Å². The number of amides is 1. The van der Waals surface area contributed by atoms with Gasteiger partial charge in [-0.1, -0.05) is 0 Å². The topological polar surface area (TPSA) is 76.6 Å². The van der Waals surface area contributed by atoms with Gasteiger partial charge in [0.1, 0.15) is 5.69 Å². The predicted octanol–water partition coefficient (Wildman–Crippen LogP) is 4.06. The molecule has 7 nitrogen and oxygen atoms in total. The second-order valence-corrected chi connectivity index (χ2v) is 8.17. The van der Waals surface area contributed by atoms with Crippen molar-refractivity contribution in [2.45, 2.75) is 24.8 Å². The third-order valence-electron chi connectivity index (χ3n) is 6.38. The van der Waals surface area contributed by atoms with Crippen LogP contribution in [0.2, 0.25) is 0 Å². The number of benzene rings is 1. The molecular weight excluding hydrogens is 430 g/mol. The molecule has 0 bridgehead atoms. The van der Waals surface area contributed by atoms with Crippen molar-refractivity contribution in [2.24, 2.45) is 0 Å². The van der Waals surface area contributed by atoms with Crippen molar-refractivity contribution < 1.29 is 23.0 Å². The molecule has 1 fully saturated rings. The number of methoxy groups -OCH3 is 2. The molecule has 0 atom stereocenters. The Hall–Kier alpha value is -3.75. The molecule has 2 aromatic heterocycles. The van der Waals surface area contributed by atoms with E-state index in [1.807, 2.05) is 12.1 Å². The average Bonchev–Trinajstić information content (AvgIpc) is 3.64. The van der Waals surface area contributed by atoms with E-state index >= 15 is 8.78 Å². The molecule has 3 heterocycles. The van der Waals surface area contributed by atoms with Crippen LogP contribution >= 0.6 is 0 Å². The molecular formula is C24H22F2N4O3. The number of hydrogen-bond acceptors (Lipinski definition) is 6. The van der Waals surface area contributed by atoms with Crippen LogP contribution in [0.4, 0.5) is 20.2 Å². The first kappa shape index (κ1) is 21.1. The van der Waals surface area contributed by atoms with Gasteiger partial charge in [-0.05, 0) is 36.1 Å². The van der Waals surface area contributed by atoms with E-state index in [9.17, 15) is 4.79 Å². The lowest BCUT2D eigenvalue weighted by molar-refractivity contribution is -0.121. The van der Waals surface area contributed by atoms with Crippen molar-refractivity contribution in [1.29, 1.82) is 0 Å². The molecule has 3 aromatic rings. The number of ether oxygens (including phenoxy) is 2. The molecule has 1 spiro atoms. The number of rotatable bonds is 5. The summed E-state index contributed by atoms with van der Waals surface area (Å²) < 4.78 is 40.4. The summed E-state index contributed by atoms with van der Waals surface area (Å²) in [4.78, 5) is 23.5. The zero-order valence-corrected chi connectivity index (χ0v) is 18.4. The summed E-state index contributed by atoms with van der Waals surface area (Å²) in [7, 11) is 4.36. The van der Waals surface area contributed by atoms with Gasteiger partial charge in [0.2, 0.25) is 5.91 Å². The fourth-order valence-electron chi connectivity index (χ4n) is 4.44. The van der Waals surface area contributed by atoms with Gasteiger partial charge >= 0.3 is 0 Å². The lowest BCUT2D eigenvalue weighted by Crippen LogP contribution is -2.45. The van der Waals surface area contributed by atoms with E-state index in [0.717, 1.165) is 33.3 Å². The van der Waals surface area contributed by atoms with Crippen molar-refractivity contribution in [2.75, 3.05) is 31.5 Å². The number of hydrogen-bond donors (Lipinski definition) is 1. The summed E-state index contributed by atoms with van der Waals surface area (Å²) in [6, 6.07) is 4.95. The molecule has 33 heavy (non-hydrogen) atoms. The highest BCUT2D eigenvalue weighted by atomic mass is 19.1. The Morgan fingerprint density at radius 3 is 2.33 bits per heavy atom. The van der Waals surface area contributed by atoms with E-state index in [1.54, 1.807) is 25.6 Å². The minimum absolute atomic E-state index is 0.0117. The highest BCUT2D eigenvalue weighted by Crippen LogP contribution is 2.55. The molecule has 170 valence electrons. The standard InChI is InChI=1S/C24H22F2N4O3/c1-27-15-6-13(9-28-11-15)17-7-16-14(10-29-17)12-30(23(31)24(16)4-5-24)22-20(25)18(32-2)8-19(33-3)21(22)26/h6-11,27H,4-5,12H2,1-3H3. The maximum absolute atomic E-state index is 15.2. The number of fused-ring (bicyclic) bond motifs is 2. The molecule has 5 rings (SSSR count). The van der Waals surface area contributed by atoms with E-state index < -0.39 is 22.7 Å². The van der Waals surface area contributed by atoms with Gasteiger partial charge in [-0.2, -0.15) is 0 Å². The Morgan fingerprint density at radius 1 is 1.03 bits per heavy atom. The van der Waals surface area contributed by atoms with Crippen molar-refractivity contribution in [3.8, 4) is 22.8 Å². The molecule has 1 N–H and O–H groups in total. The fourth-order valence-corrected chi connectivity index (χ4v) is 4.44. The van der Waals surface area contributed by atoms with Crippen LogP contribution in [0.15, 0.2) is 36.8 Å². The van der Waals surface area contributed by atoms with E-state index in [4.69, 9.17) is 9.47 Å². The maximum atomic E-state index is 15.2. The van der Waals surface area contributed by atoms with E-state index in [1.165, 1.54) is 14.2 Å². The first-order chi connectivity index (χ1) is 15.9. The normalized spacial score (nSPS) is 15.9. The first-order valence-corrected chi connectivity index (χ1v) is 10.5. The molecule has 1 amide bonds. The smallest absolute Gasteiger partial charge is 0.238 e. The highest BCUT2D eigenvalue weighted by molar-refractivity contribution is 6.05. The van der Waals surface area contributed by atoms with Crippen LogP contribution < -0.4 is 19.7 Å². The Kier molecular flexibility index (Phi) is 4.92. The molecule has 0 saturated heterocycles. The van der Waals surface area contributed by atoms with Crippen LogP contribution in [0.25, 0.3) is 11.3 Å². The number of carbonyl (C=O) groups is 1. The Morgan fingerprint density at radius 2 is 1.73 bits per heavy atom. The minimum atomic E-state index is -0.942. The summed E-state index contributed by atoms with van der Waals surface area (Å²) in [6.07, 6.45) is 6.27. The van der Waals surface area contributed by atoms with Gasteiger partial charge in [0.25, 0.3) is 0 Å². The molecule has 1 aromatic carbocycles. The summed E-state index contributed by atoms with van der Waals surface area (Å²) in [5.41, 5.74) is 2.63. The Balaban J connectivity index is 1.61. The summed E-state index contributed by atoms with van der Waals surface area (Å²) >= 11 is 0. The van der Waals surface area contributed by atoms with Gasteiger partial charge in [0.05, 0.1) is 37.6 Å². The third-order valence-corrected chi connectivity index (χ3v) is 6.38. The summed E-state index contributed by atoms with van der Waals surface area (Å²) in [5.74, 6) is -2.62. The number of carbonyl (C=O) groups excluding carboxylic acids is 1.